The number of rotatable bonds is 6. The number of carbonyl (C=O) groups excluding carboxylic acids is 1. The Morgan fingerprint density at radius 1 is 1.48 bits per heavy atom. The van der Waals surface area contributed by atoms with Crippen LogP contribution in [-0.4, -0.2) is 50.2 Å². The summed E-state index contributed by atoms with van der Waals surface area (Å²) in [5.74, 6) is 0.978. The highest BCUT2D eigenvalue weighted by Gasteiger charge is 2.25. The van der Waals surface area contributed by atoms with Crippen molar-refractivity contribution in [2.45, 2.75) is 32.7 Å². The molecule has 1 aliphatic heterocycles. The van der Waals surface area contributed by atoms with Gasteiger partial charge in [0.15, 0.2) is 11.5 Å². The average molecular weight is 341 g/mol. The topological polar surface area (TPSA) is 50.8 Å². The van der Waals surface area contributed by atoms with Crippen LogP contribution in [0.2, 0.25) is 5.02 Å². The summed E-state index contributed by atoms with van der Waals surface area (Å²) in [6.07, 6.45) is 1.98. The fourth-order valence-electron chi connectivity index (χ4n) is 2.61. The molecule has 0 spiro atoms. The first-order valence-corrected chi connectivity index (χ1v) is 8.48. The molecular weight excluding hydrogens is 316 g/mol. The molecule has 0 bridgehead atoms. The van der Waals surface area contributed by atoms with Crippen LogP contribution in [0.1, 0.15) is 37.0 Å². The third-order valence-electron chi connectivity index (χ3n) is 3.98. The predicted molar refractivity (Wildman–Crippen MR) is 91.8 cm³/mol. The molecule has 1 saturated heterocycles. The Morgan fingerprint density at radius 3 is 2.91 bits per heavy atom. The first kappa shape index (κ1) is 17.9. The molecule has 5 nitrogen and oxygen atoms in total. The molecule has 1 N–H and O–H groups in total. The van der Waals surface area contributed by atoms with Gasteiger partial charge < -0.3 is 19.7 Å². The normalized spacial score (nSPS) is 17.9. The van der Waals surface area contributed by atoms with Gasteiger partial charge in [-0.15, -0.1) is 0 Å². The average Bonchev–Trinajstić information content (AvgIpc) is 2.56. The molecule has 1 aromatic carbocycles. The number of nitrogens with zero attached hydrogens (tertiary/aromatic N) is 1. The predicted octanol–water partition coefficient (Wildman–Crippen LogP) is 2.96. The molecule has 1 amide bonds. The van der Waals surface area contributed by atoms with E-state index in [2.05, 4.69) is 12.2 Å². The number of halogens is 1. The number of ether oxygens (including phenoxy) is 2. The van der Waals surface area contributed by atoms with Gasteiger partial charge in [-0.25, -0.2) is 0 Å². The SMILES string of the molecule is CCCCOc1c(Cl)cc(C(=O)N2CCNCC2C)cc1OC. The van der Waals surface area contributed by atoms with Gasteiger partial charge in [-0.3, -0.25) is 4.79 Å². The Hall–Kier alpha value is -1.46. The molecule has 1 aliphatic rings. The summed E-state index contributed by atoms with van der Waals surface area (Å²) >= 11 is 6.32. The first-order valence-electron chi connectivity index (χ1n) is 8.10. The number of hydrogen-bond acceptors (Lipinski definition) is 4. The van der Waals surface area contributed by atoms with Crippen LogP contribution in [0.15, 0.2) is 12.1 Å². The molecule has 23 heavy (non-hydrogen) atoms. The number of nitrogens with one attached hydrogen (secondary N) is 1. The van der Waals surface area contributed by atoms with E-state index < -0.39 is 0 Å². The van der Waals surface area contributed by atoms with E-state index in [1.807, 2.05) is 11.8 Å². The minimum Gasteiger partial charge on any atom is -0.493 e. The Morgan fingerprint density at radius 2 is 2.26 bits per heavy atom. The smallest absolute Gasteiger partial charge is 0.254 e. The summed E-state index contributed by atoms with van der Waals surface area (Å²) in [7, 11) is 1.56. The fraction of sp³-hybridized carbons (Fsp3) is 0.588. The van der Waals surface area contributed by atoms with Gasteiger partial charge in [0, 0.05) is 31.2 Å². The van der Waals surface area contributed by atoms with Gasteiger partial charge >= 0.3 is 0 Å². The molecule has 1 heterocycles. The summed E-state index contributed by atoms with van der Waals surface area (Å²) in [4.78, 5) is 14.6. The lowest BCUT2D eigenvalue weighted by Crippen LogP contribution is -2.52. The lowest BCUT2D eigenvalue weighted by Gasteiger charge is -2.34. The van der Waals surface area contributed by atoms with E-state index in [0.29, 0.717) is 35.2 Å². The molecule has 0 saturated carbocycles. The molecular formula is C17H25ClN2O3. The van der Waals surface area contributed by atoms with Gasteiger partial charge in [-0.05, 0) is 25.5 Å². The maximum absolute atomic E-state index is 12.7. The highest BCUT2D eigenvalue weighted by atomic mass is 35.5. The Bertz CT molecular complexity index is 551. The van der Waals surface area contributed by atoms with Crippen LogP contribution in [0.5, 0.6) is 11.5 Å². The summed E-state index contributed by atoms with van der Waals surface area (Å²) < 4.78 is 11.1. The van der Waals surface area contributed by atoms with Crippen molar-refractivity contribution in [3.05, 3.63) is 22.7 Å². The monoisotopic (exact) mass is 340 g/mol. The zero-order chi connectivity index (χ0) is 16.8. The van der Waals surface area contributed by atoms with Crippen molar-refractivity contribution >= 4 is 17.5 Å². The summed E-state index contributed by atoms with van der Waals surface area (Å²) in [6.45, 7) is 7.00. The summed E-state index contributed by atoms with van der Waals surface area (Å²) in [5.41, 5.74) is 0.531. The van der Waals surface area contributed by atoms with Crippen molar-refractivity contribution in [1.82, 2.24) is 10.2 Å². The largest absolute Gasteiger partial charge is 0.493 e. The van der Waals surface area contributed by atoms with Gasteiger partial charge in [0.25, 0.3) is 5.91 Å². The number of amides is 1. The quantitative estimate of drug-likeness (QED) is 0.809. The highest BCUT2D eigenvalue weighted by Crippen LogP contribution is 2.37. The van der Waals surface area contributed by atoms with Crippen LogP contribution in [0.3, 0.4) is 0 Å². The van der Waals surface area contributed by atoms with Crippen molar-refractivity contribution in [3.8, 4) is 11.5 Å². The standard InChI is InChI=1S/C17H25ClN2O3/c1-4-5-8-23-16-14(18)9-13(10-15(16)22-3)17(21)20-7-6-19-11-12(20)2/h9-10,12,19H,4-8,11H2,1-3H3. The van der Waals surface area contributed by atoms with E-state index in [1.165, 1.54) is 0 Å². The lowest BCUT2D eigenvalue weighted by atomic mass is 10.1. The van der Waals surface area contributed by atoms with E-state index in [9.17, 15) is 4.79 Å². The van der Waals surface area contributed by atoms with Crippen LogP contribution in [0.25, 0.3) is 0 Å². The highest BCUT2D eigenvalue weighted by molar-refractivity contribution is 6.32. The zero-order valence-corrected chi connectivity index (χ0v) is 14.8. The van der Waals surface area contributed by atoms with Gasteiger partial charge in [-0.1, -0.05) is 24.9 Å². The molecule has 1 aromatic rings. The van der Waals surface area contributed by atoms with Crippen molar-refractivity contribution in [1.29, 1.82) is 0 Å². The molecule has 1 fully saturated rings. The number of piperazine rings is 1. The third kappa shape index (κ3) is 4.30. The van der Waals surface area contributed by atoms with E-state index in [4.69, 9.17) is 21.1 Å². The van der Waals surface area contributed by atoms with E-state index >= 15 is 0 Å². The van der Waals surface area contributed by atoms with Crippen LogP contribution < -0.4 is 14.8 Å². The van der Waals surface area contributed by atoms with Crippen molar-refractivity contribution in [3.63, 3.8) is 0 Å². The van der Waals surface area contributed by atoms with Gasteiger partial charge in [0.05, 0.1) is 18.7 Å². The van der Waals surface area contributed by atoms with E-state index in [1.54, 1.807) is 19.2 Å². The van der Waals surface area contributed by atoms with E-state index in [0.717, 1.165) is 25.9 Å². The van der Waals surface area contributed by atoms with Crippen LogP contribution in [0, 0.1) is 0 Å². The molecule has 6 heteroatoms. The molecule has 128 valence electrons. The maximum Gasteiger partial charge on any atom is 0.254 e. The Kier molecular flexibility index (Phi) is 6.54. The van der Waals surface area contributed by atoms with Crippen LogP contribution in [-0.2, 0) is 0 Å². The minimum absolute atomic E-state index is 0.0284. The van der Waals surface area contributed by atoms with Gasteiger partial charge in [-0.2, -0.15) is 0 Å². The lowest BCUT2D eigenvalue weighted by molar-refractivity contribution is 0.0655. The van der Waals surface area contributed by atoms with Crippen molar-refractivity contribution < 1.29 is 14.3 Å². The minimum atomic E-state index is -0.0284. The zero-order valence-electron chi connectivity index (χ0n) is 14.0. The molecule has 0 radical (unpaired) electrons. The second kappa shape index (κ2) is 8.41. The Balaban J connectivity index is 2.22. The van der Waals surface area contributed by atoms with Gasteiger partial charge in [0.2, 0.25) is 0 Å². The molecule has 1 atom stereocenters. The van der Waals surface area contributed by atoms with E-state index in [-0.39, 0.29) is 11.9 Å². The fourth-order valence-corrected chi connectivity index (χ4v) is 2.88. The molecule has 0 aromatic heterocycles. The number of benzene rings is 1. The first-order chi connectivity index (χ1) is 11.1. The molecule has 1 unspecified atom stereocenters. The van der Waals surface area contributed by atoms with Crippen molar-refractivity contribution in [2.75, 3.05) is 33.4 Å². The van der Waals surface area contributed by atoms with Crippen molar-refractivity contribution in [2.24, 2.45) is 0 Å². The number of carbonyl (C=O) groups is 1. The molecule has 0 aliphatic carbocycles. The Labute approximate surface area is 142 Å². The second-order valence-corrected chi connectivity index (χ2v) is 6.15. The number of methoxy groups -OCH3 is 1. The number of hydrogen-bond donors (Lipinski definition) is 1. The van der Waals surface area contributed by atoms with Gasteiger partial charge in [0.1, 0.15) is 0 Å². The molecule has 2 rings (SSSR count). The summed E-state index contributed by atoms with van der Waals surface area (Å²) in [5, 5.41) is 3.69. The summed E-state index contributed by atoms with van der Waals surface area (Å²) in [6, 6.07) is 3.54. The third-order valence-corrected chi connectivity index (χ3v) is 4.26. The second-order valence-electron chi connectivity index (χ2n) is 5.74. The maximum atomic E-state index is 12.7. The van der Waals surface area contributed by atoms with Crippen LogP contribution in [0.4, 0.5) is 0 Å². The number of unbranched alkanes of at least 4 members (excludes halogenated alkanes) is 1. The van der Waals surface area contributed by atoms with Crippen LogP contribution >= 0.6 is 11.6 Å².